The van der Waals surface area contributed by atoms with E-state index in [0.29, 0.717) is 12.4 Å². The van der Waals surface area contributed by atoms with Gasteiger partial charge in [0.05, 0.1) is 6.26 Å². The molecule has 0 aromatic carbocycles. The van der Waals surface area contributed by atoms with E-state index in [4.69, 9.17) is 5.84 Å². The van der Waals surface area contributed by atoms with Crippen molar-refractivity contribution < 1.29 is 8.42 Å². The summed E-state index contributed by atoms with van der Waals surface area (Å²) in [7, 11) is -3.23. The fourth-order valence-corrected chi connectivity index (χ4v) is 2.56. The van der Waals surface area contributed by atoms with Crippen LogP contribution in [0.25, 0.3) is 0 Å². The molecule has 1 heterocycles. The summed E-state index contributed by atoms with van der Waals surface area (Å²) in [5.41, 5.74) is 2.66. The van der Waals surface area contributed by atoms with Crippen LogP contribution in [-0.4, -0.2) is 31.7 Å². The zero-order valence-electron chi connectivity index (χ0n) is 10.7. The molecule has 0 radical (unpaired) electrons. The molecular formula is C10H19N5O2S. The first-order valence-corrected chi connectivity index (χ1v) is 7.26. The summed E-state index contributed by atoms with van der Waals surface area (Å²) in [6, 6.07) is 3.51. The van der Waals surface area contributed by atoms with Crippen LogP contribution in [0.3, 0.4) is 0 Å². The highest BCUT2D eigenvalue weighted by atomic mass is 32.2. The van der Waals surface area contributed by atoms with E-state index in [1.165, 1.54) is 0 Å². The second-order valence-electron chi connectivity index (χ2n) is 4.69. The van der Waals surface area contributed by atoms with Crippen LogP contribution in [0.15, 0.2) is 18.3 Å². The number of nitrogen functional groups attached to an aromatic ring is 1. The predicted octanol–water partition coefficient (Wildman–Crippen LogP) is 0.107. The van der Waals surface area contributed by atoms with E-state index in [-0.39, 0.29) is 0 Å². The molecule has 0 saturated carbocycles. The predicted molar refractivity (Wildman–Crippen MR) is 72.6 cm³/mol. The van der Waals surface area contributed by atoms with E-state index in [1.54, 1.807) is 32.2 Å². The highest BCUT2D eigenvalue weighted by Crippen LogP contribution is 2.13. The van der Waals surface area contributed by atoms with Gasteiger partial charge in [-0.25, -0.2) is 24.0 Å². The first-order valence-electron chi connectivity index (χ1n) is 5.37. The molecule has 102 valence electrons. The molecule has 0 aliphatic heterocycles. The minimum Gasteiger partial charge on any atom is -0.383 e. The van der Waals surface area contributed by atoms with Gasteiger partial charge in [0.15, 0.2) is 0 Å². The maximum atomic E-state index is 11.2. The number of nitrogens with zero attached hydrogens (tertiary/aromatic N) is 1. The average Bonchev–Trinajstić information content (AvgIpc) is 2.24. The van der Waals surface area contributed by atoms with Crippen molar-refractivity contribution in [3.8, 4) is 0 Å². The quantitative estimate of drug-likeness (QED) is 0.432. The molecule has 0 aliphatic carbocycles. The van der Waals surface area contributed by atoms with Gasteiger partial charge in [-0.2, -0.15) is 0 Å². The Balaban J connectivity index is 2.63. The Morgan fingerprint density at radius 3 is 2.67 bits per heavy atom. The average molecular weight is 273 g/mol. The van der Waals surface area contributed by atoms with E-state index in [9.17, 15) is 8.42 Å². The molecule has 0 atom stereocenters. The summed E-state index contributed by atoms with van der Waals surface area (Å²) in [5, 5.41) is 3.12. The lowest BCUT2D eigenvalue weighted by molar-refractivity contribution is 0.476. The van der Waals surface area contributed by atoms with Gasteiger partial charge < -0.3 is 10.7 Å². The van der Waals surface area contributed by atoms with Crippen molar-refractivity contribution in [3.05, 3.63) is 18.3 Å². The number of rotatable bonds is 6. The van der Waals surface area contributed by atoms with Crippen molar-refractivity contribution in [2.24, 2.45) is 5.84 Å². The van der Waals surface area contributed by atoms with Crippen molar-refractivity contribution >= 4 is 21.5 Å². The van der Waals surface area contributed by atoms with E-state index >= 15 is 0 Å². The van der Waals surface area contributed by atoms with Gasteiger partial charge in [-0.05, 0) is 19.9 Å². The SMILES string of the molecule is CC(C)(CNc1ccnc(NN)c1)NS(C)(=O)=O. The topological polar surface area (TPSA) is 109 Å². The Bertz CT molecular complexity index is 501. The summed E-state index contributed by atoms with van der Waals surface area (Å²) in [4.78, 5) is 3.97. The van der Waals surface area contributed by atoms with E-state index in [2.05, 4.69) is 20.4 Å². The zero-order chi connectivity index (χ0) is 13.8. The highest BCUT2D eigenvalue weighted by Gasteiger charge is 2.21. The minimum atomic E-state index is -3.23. The fourth-order valence-electron chi connectivity index (χ4n) is 1.48. The fraction of sp³-hybridized carbons (Fsp3) is 0.500. The van der Waals surface area contributed by atoms with Gasteiger partial charge in [0.2, 0.25) is 10.0 Å². The number of hydrazine groups is 1. The van der Waals surface area contributed by atoms with E-state index < -0.39 is 15.6 Å². The van der Waals surface area contributed by atoms with E-state index in [0.717, 1.165) is 11.9 Å². The molecule has 18 heavy (non-hydrogen) atoms. The number of aromatic nitrogens is 1. The zero-order valence-corrected chi connectivity index (χ0v) is 11.5. The van der Waals surface area contributed by atoms with Crippen LogP contribution < -0.4 is 21.3 Å². The Hall–Kier alpha value is -1.38. The van der Waals surface area contributed by atoms with Crippen LogP contribution in [0.5, 0.6) is 0 Å². The van der Waals surface area contributed by atoms with Crippen LogP contribution in [0.4, 0.5) is 11.5 Å². The van der Waals surface area contributed by atoms with Gasteiger partial charge in [0, 0.05) is 30.0 Å². The molecule has 1 aromatic heterocycles. The molecule has 0 fully saturated rings. The van der Waals surface area contributed by atoms with Crippen LogP contribution in [0.2, 0.25) is 0 Å². The molecule has 0 saturated heterocycles. The molecule has 0 spiro atoms. The number of pyridine rings is 1. The summed E-state index contributed by atoms with van der Waals surface area (Å²) < 4.78 is 24.9. The highest BCUT2D eigenvalue weighted by molar-refractivity contribution is 7.88. The molecule has 0 bridgehead atoms. The Morgan fingerprint density at radius 1 is 1.44 bits per heavy atom. The molecule has 0 amide bonds. The van der Waals surface area contributed by atoms with Gasteiger partial charge in [-0.3, -0.25) is 0 Å². The monoisotopic (exact) mass is 273 g/mol. The Morgan fingerprint density at radius 2 is 2.11 bits per heavy atom. The second kappa shape index (κ2) is 5.51. The summed E-state index contributed by atoms with van der Waals surface area (Å²) in [6.45, 7) is 4.03. The lowest BCUT2D eigenvalue weighted by atomic mass is 10.1. The van der Waals surface area contributed by atoms with Gasteiger partial charge in [-0.1, -0.05) is 0 Å². The van der Waals surface area contributed by atoms with Crippen LogP contribution in [-0.2, 0) is 10.0 Å². The second-order valence-corrected chi connectivity index (χ2v) is 6.43. The van der Waals surface area contributed by atoms with Gasteiger partial charge in [-0.15, -0.1) is 0 Å². The van der Waals surface area contributed by atoms with Crippen molar-refractivity contribution in [2.75, 3.05) is 23.5 Å². The van der Waals surface area contributed by atoms with Crippen LogP contribution >= 0.6 is 0 Å². The molecule has 1 aromatic rings. The van der Waals surface area contributed by atoms with Gasteiger partial charge in [0.25, 0.3) is 0 Å². The lowest BCUT2D eigenvalue weighted by Gasteiger charge is -2.25. The molecule has 7 nitrogen and oxygen atoms in total. The smallest absolute Gasteiger partial charge is 0.209 e. The van der Waals surface area contributed by atoms with Crippen molar-refractivity contribution in [2.45, 2.75) is 19.4 Å². The van der Waals surface area contributed by atoms with Gasteiger partial charge >= 0.3 is 0 Å². The maximum Gasteiger partial charge on any atom is 0.209 e. The van der Waals surface area contributed by atoms with Crippen LogP contribution in [0.1, 0.15) is 13.8 Å². The first kappa shape index (κ1) is 14.7. The molecule has 8 heteroatoms. The third kappa shape index (κ3) is 5.30. The summed E-state index contributed by atoms with van der Waals surface area (Å²) in [5.74, 6) is 5.79. The third-order valence-electron chi connectivity index (χ3n) is 2.10. The molecule has 5 N–H and O–H groups in total. The third-order valence-corrected chi connectivity index (χ3v) is 3.03. The number of sulfonamides is 1. The van der Waals surface area contributed by atoms with E-state index in [1.807, 2.05) is 0 Å². The number of anilines is 2. The molecule has 0 aliphatic rings. The lowest BCUT2D eigenvalue weighted by Crippen LogP contribution is -2.47. The number of nitrogens with one attached hydrogen (secondary N) is 3. The summed E-state index contributed by atoms with van der Waals surface area (Å²) >= 11 is 0. The van der Waals surface area contributed by atoms with Crippen LogP contribution in [0, 0.1) is 0 Å². The standard InChI is InChI=1S/C10H19N5O2S/c1-10(2,15-18(3,16)17)7-13-8-4-5-12-9(6-8)14-11/h4-6,15H,7,11H2,1-3H3,(H2,12,13,14). The minimum absolute atomic E-state index is 0.439. The molecular weight excluding hydrogens is 254 g/mol. The summed E-state index contributed by atoms with van der Waals surface area (Å²) in [6.07, 6.45) is 2.74. The number of nitrogens with two attached hydrogens (primary N) is 1. The molecule has 1 rings (SSSR count). The molecule has 0 unspecified atom stereocenters. The van der Waals surface area contributed by atoms with Gasteiger partial charge in [0.1, 0.15) is 5.82 Å². The maximum absolute atomic E-state index is 11.2. The Labute approximate surface area is 107 Å². The Kier molecular flexibility index (Phi) is 4.49. The normalized spacial score (nSPS) is 12.2. The van der Waals surface area contributed by atoms with Crippen molar-refractivity contribution in [1.82, 2.24) is 9.71 Å². The number of hydrogen-bond donors (Lipinski definition) is 4. The van der Waals surface area contributed by atoms with Crippen molar-refractivity contribution in [3.63, 3.8) is 0 Å². The van der Waals surface area contributed by atoms with Crippen molar-refractivity contribution in [1.29, 1.82) is 0 Å². The first-order chi connectivity index (χ1) is 8.22. The number of hydrogen-bond acceptors (Lipinski definition) is 6. The largest absolute Gasteiger partial charge is 0.383 e.